The number of carbonyl (C=O) groups excluding carboxylic acids is 1. The van der Waals surface area contributed by atoms with Gasteiger partial charge >= 0.3 is 0 Å². The zero-order valence-corrected chi connectivity index (χ0v) is 12.0. The molecule has 2 fully saturated rings. The number of para-hydroxylation sites is 1. The molecule has 0 saturated heterocycles. The van der Waals surface area contributed by atoms with Gasteiger partial charge in [0.25, 0.3) is 0 Å². The highest BCUT2D eigenvalue weighted by molar-refractivity contribution is 5.79. The number of fused-ring (bicyclic) bond motifs is 2. The van der Waals surface area contributed by atoms with Crippen LogP contribution < -0.4 is 4.74 Å². The molecule has 0 amide bonds. The van der Waals surface area contributed by atoms with Crippen LogP contribution in [-0.4, -0.2) is 12.4 Å². The number of rotatable bonds is 3. The molecule has 102 valence electrons. The summed E-state index contributed by atoms with van der Waals surface area (Å²) in [6, 6.07) is 7.54. The van der Waals surface area contributed by atoms with Crippen LogP contribution in [-0.2, 0) is 0 Å². The average Bonchev–Trinajstić information content (AvgIpc) is 2.72. The third-order valence-electron chi connectivity index (χ3n) is 6.03. The maximum Gasteiger partial charge on any atom is 0.153 e. The Morgan fingerprint density at radius 1 is 1.26 bits per heavy atom. The fourth-order valence-corrected chi connectivity index (χ4v) is 4.15. The summed E-state index contributed by atoms with van der Waals surface area (Å²) < 4.78 is 6.24. The number of benzene rings is 1. The molecule has 3 atom stereocenters. The topological polar surface area (TPSA) is 26.3 Å². The summed E-state index contributed by atoms with van der Waals surface area (Å²) in [4.78, 5) is 11.1. The molecule has 3 rings (SSSR count). The fraction of sp³-hybridized carbons (Fsp3) is 0.588. The van der Waals surface area contributed by atoms with Gasteiger partial charge in [0.05, 0.1) is 5.56 Å². The molecule has 0 aliphatic heterocycles. The van der Waals surface area contributed by atoms with Crippen LogP contribution in [0.4, 0.5) is 0 Å². The maximum atomic E-state index is 11.1. The zero-order chi connectivity index (χ0) is 13.7. The second-order valence-corrected chi connectivity index (χ2v) is 6.87. The van der Waals surface area contributed by atoms with Crippen molar-refractivity contribution in [2.75, 3.05) is 0 Å². The largest absolute Gasteiger partial charge is 0.489 e. The molecule has 2 heteroatoms. The Kier molecular flexibility index (Phi) is 2.74. The third kappa shape index (κ3) is 1.65. The summed E-state index contributed by atoms with van der Waals surface area (Å²) in [6.07, 6.45) is 4.80. The number of hydrogen-bond donors (Lipinski definition) is 0. The molecule has 0 heterocycles. The molecular weight excluding hydrogens is 236 g/mol. The molecule has 2 aliphatic rings. The van der Waals surface area contributed by atoms with Gasteiger partial charge < -0.3 is 4.74 Å². The van der Waals surface area contributed by atoms with Gasteiger partial charge in [-0.05, 0) is 42.7 Å². The van der Waals surface area contributed by atoms with E-state index in [4.69, 9.17) is 4.74 Å². The third-order valence-corrected chi connectivity index (χ3v) is 6.03. The molecule has 0 unspecified atom stereocenters. The lowest BCUT2D eigenvalue weighted by atomic mass is 9.70. The van der Waals surface area contributed by atoms with Crippen LogP contribution in [0.3, 0.4) is 0 Å². The summed E-state index contributed by atoms with van der Waals surface area (Å²) >= 11 is 0. The minimum Gasteiger partial charge on any atom is -0.489 e. The molecule has 0 N–H and O–H groups in total. The van der Waals surface area contributed by atoms with Gasteiger partial charge in [0.1, 0.15) is 11.9 Å². The average molecular weight is 258 g/mol. The van der Waals surface area contributed by atoms with E-state index in [-0.39, 0.29) is 11.5 Å². The SMILES string of the molecule is CC1(C)[C@H]2CC[C@@]1(C)[C@@H](Oc1ccccc1C=O)C2. The fourth-order valence-electron chi connectivity index (χ4n) is 4.15. The van der Waals surface area contributed by atoms with Crippen molar-refractivity contribution in [3.05, 3.63) is 29.8 Å². The van der Waals surface area contributed by atoms with E-state index in [2.05, 4.69) is 20.8 Å². The van der Waals surface area contributed by atoms with Gasteiger partial charge in [-0.2, -0.15) is 0 Å². The molecule has 2 bridgehead atoms. The first-order valence-electron chi connectivity index (χ1n) is 7.20. The highest BCUT2D eigenvalue weighted by Crippen LogP contribution is 2.66. The van der Waals surface area contributed by atoms with E-state index in [1.807, 2.05) is 24.3 Å². The molecule has 0 radical (unpaired) electrons. The van der Waals surface area contributed by atoms with Gasteiger partial charge in [0.15, 0.2) is 6.29 Å². The van der Waals surface area contributed by atoms with Crippen LogP contribution in [0, 0.1) is 16.7 Å². The molecule has 19 heavy (non-hydrogen) atoms. The van der Waals surface area contributed by atoms with E-state index in [0.717, 1.165) is 24.4 Å². The van der Waals surface area contributed by atoms with E-state index >= 15 is 0 Å². The van der Waals surface area contributed by atoms with Crippen molar-refractivity contribution in [1.82, 2.24) is 0 Å². The molecule has 2 nitrogen and oxygen atoms in total. The van der Waals surface area contributed by atoms with Gasteiger partial charge in [0, 0.05) is 5.41 Å². The number of hydrogen-bond acceptors (Lipinski definition) is 2. The van der Waals surface area contributed by atoms with Crippen molar-refractivity contribution in [2.45, 2.75) is 46.1 Å². The molecule has 2 saturated carbocycles. The first-order chi connectivity index (χ1) is 8.99. The highest BCUT2D eigenvalue weighted by atomic mass is 16.5. The van der Waals surface area contributed by atoms with E-state index in [9.17, 15) is 4.79 Å². The monoisotopic (exact) mass is 258 g/mol. The van der Waals surface area contributed by atoms with Crippen molar-refractivity contribution < 1.29 is 9.53 Å². The minimum absolute atomic E-state index is 0.230. The van der Waals surface area contributed by atoms with E-state index in [0.29, 0.717) is 11.0 Å². The summed E-state index contributed by atoms with van der Waals surface area (Å²) in [5, 5.41) is 0. The lowest BCUT2D eigenvalue weighted by molar-refractivity contribution is 0.0298. The Morgan fingerprint density at radius 2 is 2.00 bits per heavy atom. The summed E-state index contributed by atoms with van der Waals surface area (Å²) in [5.74, 6) is 1.50. The van der Waals surface area contributed by atoms with Gasteiger partial charge in [-0.15, -0.1) is 0 Å². The predicted molar refractivity (Wildman–Crippen MR) is 75.5 cm³/mol. The quantitative estimate of drug-likeness (QED) is 0.763. The Balaban J connectivity index is 1.88. The van der Waals surface area contributed by atoms with Crippen molar-refractivity contribution >= 4 is 6.29 Å². The van der Waals surface area contributed by atoms with Crippen LogP contribution in [0.25, 0.3) is 0 Å². The molecule has 0 aromatic heterocycles. The van der Waals surface area contributed by atoms with Crippen LogP contribution >= 0.6 is 0 Å². The maximum absolute atomic E-state index is 11.1. The normalized spacial score (nSPS) is 35.3. The minimum atomic E-state index is 0.230. The Morgan fingerprint density at radius 3 is 2.58 bits per heavy atom. The molecule has 0 spiro atoms. The summed E-state index contributed by atoms with van der Waals surface area (Å²) in [6.45, 7) is 7.10. The van der Waals surface area contributed by atoms with Crippen molar-refractivity contribution in [3.8, 4) is 5.75 Å². The second kappa shape index (κ2) is 4.09. The van der Waals surface area contributed by atoms with Crippen molar-refractivity contribution in [2.24, 2.45) is 16.7 Å². The van der Waals surface area contributed by atoms with Gasteiger partial charge in [-0.25, -0.2) is 0 Å². The van der Waals surface area contributed by atoms with Gasteiger partial charge in [0.2, 0.25) is 0 Å². The van der Waals surface area contributed by atoms with Crippen LogP contribution in [0.1, 0.15) is 50.4 Å². The van der Waals surface area contributed by atoms with E-state index < -0.39 is 0 Å². The second-order valence-electron chi connectivity index (χ2n) is 6.87. The lowest BCUT2D eigenvalue weighted by Crippen LogP contribution is -2.39. The molecule has 1 aromatic carbocycles. The predicted octanol–water partition coefficient (Wildman–Crippen LogP) is 4.09. The van der Waals surface area contributed by atoms with Gasteiger partial charge in [-0.1, -0.05) is 32.9 Å². The first kappa shape index (κ1) is 12.7. The van der Waals surface area contributed by atoms with Crippen LogP contribution in [0.15, 0.2) is 24.3 Å². The molecule has 1 aromatic rings. The van der Waals surface area contributed by atoms with Crippen LogP contribution in [0.5, 0.6) is 5.75 Å². The molecule has 2 aliphatic carbocycles. The van der Waals surface area contributed by atoms with Crippen molar-refractivity contribution in [1.29, 1.82) is 0 Å². The highest BCUT2D eigenvalue weighted by Gasteiger charge is 2.62. The lowest BCUT2D eigenvalue weighted by Gasteiger charge is -2.39. The first-order valence-corrected chi connectivity index (χ1v) is 7.20. The number of aldehydes is 1. The summed E-state index contributed by atoms with van der Waals surface area (Å²) in [5.41, 5.74) is 1.23. The zero-order valence-electron chi connectivity index (χ0n) is 12.0. The van der Waals surface area contributed by atoms with E-state index in [1.54, 1.807) is 0 Å². The Hall–Kier alpha value is -1.31. The van der Waals surface area contributed by atoms with E-state index in [1.165, 1.54) is 12.8 Å². The van der Waals surface area contributed by atoms with Crippen LogP contribution in [0.2, 0.25) is 0 Å². The van der Waals surface area contributed by atoms with Gasteiger partial charge in [-0.3, -0.25) is 4.79 Å². The Labute approximate surface area is 115 Å². The Bertz CT molecular complexity index is 506. The molecular formula is C17H22O2. The summed E-state index contributed by atoms with van der Waals surface area (Å²) in [7, 11) is 0. The smallest absolute Gasteiger partial charge is 0.153 e. The number of ether oxygens (including phenoxy) is 1. The number of carbonyl (C=O) groups is 1. The standard InChI is InChI=1S/C17H22O2/c1-16(2)13-8-9-17(16,3)15(10-13)19-14-7-5-4-6-12(14)11-18/h4-7,11,13,15H,8-10H2,1-3H3/t13-,15-,17-/m0/s1. The van der Waals surface area contributed by atoms with Crippen molar-refractivity contribution in [3.63, 3.8) is 0 Å².